The SMILES string of the molecule is Cc1cc(C(C)(C)N)c2ccc(Cl)c(C)c2n1. The molecule has 1 heterocycles. The van der Waals surface area contributed by atoms with Gasteiger partial charge >= 0.3 is 0 Å². The summed E-state index contributed by atoms with van der Waals surface area (Å²) in [4.78, 5) is 4.57. The highest BCUT2D eigenvalue weighted by molar-refractivity contribution is 6.32. The van der Waals surface area contributed by atoms with E-state index in [1.165, 1.54) is 0 Å². The maximum Gasteiger partial charge on any atom is 0.0752 e. The molecule has 2 rings (SSSR count). The second-order valence-corrected chi connectivity index (χ2v) is 5.51. The maximum absolute atomic E-state index is 6.22. The molecule has 2 N–H and O–H groups in total. The Morgan fingerprint density at radius 2 is 1.88 bits per heavy atom. The van der Waals surface area contributed by atoms with Crippen molar-refractivity contribution in [2.24, 2.45) is 5.73 Å². The van der Waals surface area contributed by atoms with Crippen LogP contribution in [0.15, 0.2) is 18.2 Å². The van der Waals surface area contributed by atoms with Gasteiger partial charge in [0, 0.05) is 21.6 Å². The molecule has 0 aliphatic rings. The van der Waals surface area contributed by atoms with Crippen LogP contribution < -0.4 is 5.73 Å². The molecular weight excluding hydrogens is 232 g/mol. The minimum Gasteiger partial charge on any atom is -0.322 e. The Balaban J connectivity index is 2.92. The van der Waals surface area contributed by atoms with E-state index in [9.17, 15) is 0 Å². The molecule has 90 valence electrons. The van der Waals surface area contributed by atoms with Crippen molar-refractivity contribution in [1.82, 2.24) is 4.98 Å². The summed E-state index contributed by atoms with van der Waals surface area (Å²) >= 11 is 6.14. The van der Waals surface area contributed by atoms with E-state index >= 15 is 0 Å². The van der Waals surface area contributed by atoms with E-state index in [0.29, 0.717) is 0 Å². The fraction of sp³-hybridized carbons (Fsp3) is 0.357. The maximum atomic E-state index is 6.22. The summed E-state index contributed by atoms with van der Waals surface area (Å²) in [5, 5.41) is 1.83. The number of hydrogen-bond acceptors (Lipinski definition) is 2. The molecule has 2 aromatic rings. The second kappa shape index (κ2) is 3.97. The third-order valence-corrected chi connectivity index (χ3v) is 3.40. The summed E-state index contributed by atoms with van der Waals surface area (Å²) in [6, 6.07) is 5.96. The van der Waals surface area contributed by atoms with Gasteiger partial charge < -0.3 is 5.73 Å². The summed E-state index contributed by atoms with van der Waals surface area (Å²) in [5.41, 5.74) is 9.88. The molecule has 17 heavy (non-hydrogen) atoms. The van der Waals surface area contributed by atoms with E-state index in [0.717, 1.165) is 32.7 Å². The molecule has 0 aliphatic heterocycles. The van der Waals surface area contributed by atoms with Gasteiger partial charge in [-0.1, -0.05) is 17.7 Å². The number of halogens is 1. The number of rotatable bonds is 1. The number of aryl methyl sites for hydroxylation is 2. The largest absolute Gasteiger partial charge is 0.322 e. The van der Waals surface area contributed by atoms with Crippen LogP contribution in [-0.4, -0.2) is 4.98 Å². The highest BCUT2D eigenvalue weighted by Crippen LogP contribution is 2.31. The molecule has 0 spiro atoms. The number of nitrogens with two attached hydrogens (primary N) is 1. The first-order chi connectivity index (χ1) is 7.80. The average molecular weight is 249 g/mol. The van der Waals surface area contributed by atoms with Crippen LogP contribution in [0.4, 0.5) is 0 Å². The van der Waals surface area contributed by atoms with Gasteiger partial charge in [-0.05, 0) is 51.0 Å². The van der Waals surface area contributed by atoms with Gasteiger partial charge in [-0.3, -0.25) is 4.98 Å². The van der Waals surface area contributed by atoms with Crippen molar-refractivity contribution in [3.63, 3.8) is 0 Å². The zero-order valence-corrected chi connectivity index (χ0v) is 11.4. The minimum absolute atomic E-state index is 0.383. The minimum atomic E-state index is -0.383. The highest BCUT2D eigenvalue weighted by atomic mass is 35.5. The normalized spacial score (nSPS) is 12.1. The number of fused-ring (bicyclic) bond motifs is 1. The van der Waals surface area contributed by atoms with Crippen LogP contribution in [0.25, 0.3) is 10.9 Å². The zero-order valence-electron chi connectivity index (χ0n) is 10.6. The average Bonchev–Trinajstić information content (AvgIpc) is 2.22. The van der Waals surface area contributed by atoms with Gasteiger partial charge in [0.1, 0.15) is 0 Å². The van der Waals surface area contributed by atoms with Crippen LogP contribution in [0.5, 0.6) is 0 Å². The Morgan fingerprint density at radius 1 is 1.24 bits per heavy atom. The van der Waals surface area contributed by atoms with E-state index in [1.807, 2.05) is 39.8 Å². The second-order valence-electron chi connectivity index (χ2n) is 5.10. The van der Waals surface area contributed by atoms with Crippen LogP contribution in [0.3, 0.4) is 0 Å². The van der Waals surface area contributed by atoms with Crippen LogP contribution >= 0.6 is 11.6 Å². The molecule has 0 radical (unpaired) electrons. The molecule has 0 saturated heterocycles. The van der Waals surface area contributed by atoms with Gasteiger partial charge in [0.05, 0.1) is 5.52 Å². The number of hydrogen-bond donors (Lipinski definition) is 1. The lowest BCUT2D eigenvalue weighted by atomic mass is 9.91. The number of nitrogens with zero attached hydrogens (tertiary/aromatic N) is 1. The summed E-state index contributed by atoms with van der Waals surface area (Å²) in [6.07, 6.45) is 0. The van der Waals surface area contributed by atoms with Gasteiger partial charge in [0.2, 0.25) is 0 Å². The van der Waals surface area contributed by atoms with Crippen LogP contribution in [0.1, 0.15) is 30.7 Å². The lowest BCUT2D eigenvalue weighted by Crippen LogP contribution is -2.29. The predicted molar refractivity (Wildman–Crippen MR) is 73.4 cm³/mol. The van der Waals surface area contributed by atoms with E-state index in [4.69, 9.17) is 17.3 Å². The first-order valence-electron chi connectivity index (χ1n) is 5.66. The molecule has 3 heteroatoms. The third-order valence-electron chi connectivity index (χ3n) is 2.99. The van der Waals surface area contributed by atoms with Crippen molar-refractivity contribution in [1.29, 1.82) is 0 Å². The standard InChI is InChI=1S/C14H17ClN2/c1-8-7-11(14(3,4)16)10-5-6-12(15)9(2)13(10)17-8/h5-7H,16H2,1-4H3. The van der Waals surface area contributed by atoms with Gasteiger partial charge in [0.25, 0.3) is 0 Å². The number of pyridine rings is 1. The smallest absolute Gasteiger partial charge is 0.0752 e. The first kappa shape index (κ1) is 12.3. The molecule has 0 fully saturated rings. The van der Waals surface area contributed by atoms with Crippen molar-refractivity contribution >= 4 is 22.5 Å². The van der Waals surface area contributed by atoms with Crippen molar-refractivity contribution in [3.05, 3.63) is 40.0 Å². The van der Waals surface area contributed by atoms with Gasteiger partial charge in [0.15, 0.2) is 0 Å². The Kier molecular flexibility index (Phi) is 2.88. The predicted octanol–water partition coefficient (Wildman–Crippen LogP) is 3.70. The van der Waals surface area contributed by atoms with E-state index in [1.54, 1.807) is 0 Å². The van der Waals surface area contributed by atoms with Crippen LogP contribution in [0, 0.1) is 13.8 Å². The lowest BCUT2D eigenvalue weighted by molar-refractivity contribution is 0.558. The van der Waals surface area contributed by atoms with Gasteiger partial charge in [-0.2, -0.15) is 0 Å². The molecule has 0 bridgehead atoms. The van der Waals surface area contributed by atoms with Crippen molar-refractivity contribution in [3.8, 4) is 0 Å². The molecule has 0 atom stereocenters. The van der Waals surface area contributed by atoms with E-state index in [2.05, 4.69) is 11.1 Å². The lowest BCUT2D eigenvalue weighted by Gasteiger charge is -2.22. The Labute approximate surface area is 107 Å². The molecule has 1 aromatic carbocycles. The topological polar surface area (TPSA) is 38.9 Å². The van der Waals surface area contributed by atoms with Gasteiger partial charge in [-0.25, -0.2) is 0 Å². The fourth-order valence-corrected chi connectivity index (χ4v) is 2.22. The van der Waals surface area contributed by atoms with Crippen LogP contribution in [-0.2, 0) is 5.54 Å². The summed E-state index contributed by atoms with van der Waals surface area (Å²) in [5.74, 6) is 0. The molecule has 2 nitrogen and oxygen atoms in total. The molecule has 0 amide bonds. The summed E-state index contributed by atoms with van der Waals surface area (Å²) in [6.45, 7) is 7.98. The van der Waals surface area contributed by atoms with E-state index < -0.39 is 0 Å². The number of benzene rings is 1. The zero-order chi connectivity index (χ0) is 12.8. The first-order valence-corrected chi connectivity index (χ1v) is 6.04. The fourth-order valence-electron chi connectivity index (χ4n) is 2.07. The summed E-state index contributed by atoms with van der Waals surface area (Å²) in [7, 11) is 0. The van der Waals surface area contributed by atoms with E-state index in [-0.39, 0.29) is 5.54 Å². The van der Waals surface area contributed by atoms with Crippen molar-refractivity contribution < 1.29 is 0 Å². The quantitative estimate of drug-likeness (QED) is 0.836. The van der Waals surface area contributed by atoms with Gasteiger partial charge in [-0.15, -0.1) is 0 Å². The highest BCUT2D eigenvalue weighted by Gasteiger charge is 2.19. The van der Waals surface area contributed by atoms with Crippen molar-refractivity contribution in [2.45, 2.75) is 33.2 Å². The van der Waals surface area contributed by atoms with Crippen molar-refractivity contribution in [2.75, 3.05) is 0 Å². The third kappa shape index (κ3) is 2.15. The number of aromatic nitrogens is 1. The Morgan fingerprint density at radius 3 is 2.47 bits per heavy atom. The molecule has 0 aliphatic carbocycles. The molecule has 0 saturated carbocycles. The summed E-state index contributed by atoms with van der Waals surface area (Å²) < 4.78 is 0. The molecule has 1 aromatic heterocycles. The van der Waals surface area contributed by atoms with Crippen LogP contribution in [0.2, 0.25) is 5.02 Å². The Hall–Kier alpha value is -1.12. The Bertz CT molecular complexity index is 583. The molecular formula is C14H17ClN2. The monoisotopic (exact) mass is 248 g/mol. The molecule has 0 unspecified atom stereocenters.